The van der Waals surface area contributed by atoms with Crippen molar-refractivity contribution in [2.75, 3.05) is 11.9 Å². The molecule has 0 atom stereocenters. The molecular formula is C13H22N4O. The van der Waals surface area contributed by atoms with Crippen LogP contribution in [0.4, 0.5) is 5.82 Å². The van der Waals surface area contributed by atoms with Crippen molar-refractivity contribution in [2.24, 2.45) is 10.9 Å². The lowest BCUT2D eigenvalue weighted by Gasteiger charge is -2.29. The summed E-state index contributed by atoms with van der Waals surface area (Å²) in [5.74, 6) is 0.868. The van der Waals surface area contributed by atoms with Gasteiger partial charge in [-0.1, -0.05) is 19.0 Å². The molecule has 0 radical (unpaired) electrons. The minimum Gasteiger partial charge on any atom is -0.409 e. The summed E-state index contributed by atoms with van der Waals surface area (Å²) in [5, 5.41) is 12.0. The van der Waals surface area contributed by atoms with Gasteiger partial charge in [0.2, 0.25) is 0 Å². The highest BCUT2D eigenvalue weighted by Gasteiger charge is 2.19. The van der Waals surface area contributed by atoms with Gasteiger partial charge in [-0.15, -0.1) is 0 Å². The molecule has 3 N–H and O–H groups in total. The Balaban J connectivity index is 3.28. The van der Waals surface area contributed by atoms with E-state index in [4.69, 9.17) is 10.9 Å². The van der Waals surface area contributed by atoms with Crippen molar-refractivity contribution in [1.29, 1.82) is 0 Å². The maximum Gasteiger partial charge on any atom is 0.174 e. The Kier molecular flexibility index (Phi) is 4.95. The van der Waals surface area contributed by atoms with E-state index in [0.29, 0.717) is 11.6 Å². The SMILES string of the molecule is CCC(CC)N(C)c1nccc(C)c1/C(N)=N/O. The van der Waals surface area contributed by atoms with Crippen LogP contribution in [0.1, 0.15) is 37.8 Å². The van der Waals surface area contributed by atoms with E-state index in [2.05, 4.69) is 28.9 Å². The first-order valence-electron chi connectivity index (χ1n) is 6.23. The van der Waals surface area contributed by atoms with E-state index in [9.17, 15) is 0 Å². The standard InChI is InChI=1S/C13H22N4O/c1-5-10(6-2)17(4)13-11(12(14)16-18)9(3)7-8-15-13/h7-8,10,18H,5-6H2,1-4H3,(H2,14,16). The van der Waals surface area contributed by atoms with Crippen molar-refractivity contribution in [3.05, 3.63) is 23.4 Å². The van der Waals surface area contributed by atoms with Crippen LogP contribution in [-0.2, 0) is 0 Å². The lowest BCUT2D eigenvalue weighted by Crippen LogP contribution is -2.33. The smallest absolute Gasteiger partial charge is 0.174 e. The van der Waals surface area contributed by atoms with Gasteiger partial charge in [0.1, 0.15) is 5.82 Å². The third-order valence-corrected chi connectivity index (χ3v) is 3.33. The van der Waals surface area contributed by atoms with Gasteiger partial charge in [0, 0.05) is 19.3 Å². The monoisotopic (exact) mass is 250 g/mol. The van der Waals surface area contributed by atoms with Gasteiger partial charge < -0.3 is 15.8 Å². The number of nitrogens with zero attached hydrogens (tertiary/aromatic N) is 3. The summed E-state index contributed by atoms with van der Waals surface area (Å²) < 4.78 is 0. The van der Waals surface area contributed by atoms with Crippen LogP contribution in [0.2, 0.25) is 0 Å². The van der Waals surface area contributed by atoms with Crippen molar-refractivity contribution in [3.8, 4) is 0 Å². The van der Waals surface area contributed by atoms with E-state index >= 15 is 0 Å². The molecule has 1 aromatic rings. The predicted molar refractivity (Wildman–Crippen MR) is 74.3 cm³/mol. The summed E-state index contributed by atoms with van der Waals surface area (Å²) in [7, 11) is 1.99. The normalized spacial score (nSPS) is 11.9. The average Bonchev–Trinajstić information content (AvgIpc) is 2.38. The Hall–Kier alpha value is -1.78. The first kappa shape index (κ1) is 14.3. The van der Waals surface area contributed by atoms with Crippen molar-refractivity contribution < 1.29 is 5.21 Å². The molecule has 0 fully saturated rings. The topological polar surface area (TPSA) is 74.7 Å². The van der Waals surface area contributed by atoms with Crippen LogP contribution in [0.3, 0.4) is 0 Å². The minimum atomic E-state index is 0.105. The fourth-order valence-electron chi connectivity index (χ4n) is 2.19. The summed E-state index contributed by atoms with van der Waals surface area (Å²) in [6, 6.07) is 2.25. The number of amidine groups is 1. The van der Waals surface area contributed by atoms with E-state index in [-0.39, 0.29) is 5.84 Å². The van der Waals surface area contributed by atoms with Gasteiger partial charge in [0.15, 0.2) is 5.84 Å². The second-order valence-corrected chi connectivity index (χ2v) is 4.39. The first-order valence-corrected chi connectivity index (χ1v) is 6.23. The molecule has 0 amide bonds. The molecule has 0 unspecified atom stereocenters. The Labute approximate surface area is 108 Å². The Morgan fingerprint density at radius 1 is 1.50 bits per heavy atom. The molecule has 5 nitrogen and oxygen atoms in total. The summed E-state index contributed by atoms with van der Waals surface area (Å²) in [5.41, 5.74) is 7.41. The Bertz CT molecular complexity index is 427. The maximum atomic E-state index is 8.89. The molecule has 0 saturated heterocycles. The number of rotatable bonds is 5. The van der Waals surface area contributed by atoms with Crippen molar-refractivity contribution >= 4 is 11.7 Å². The zero-order chi connectivity index (χ0) is 13.7. The number of hydrogen-bond acceptors (Lipinski definition) is 4. The van der Waals surface area contributed by atoms with Gasteiger partial charge in [0.25, 0.3) is 0 Å². The van der Waals surface area contributed by atoms with E-state index in [0.717, 1.165) is 24.2 Å². The number of hydrogen-bond donors (Lipinski definition) is 2. The van der Waals surface area contributed by atoms with Crippen LogP contribution in [-0.4, -0.2) is 29.1 Å². The van der Waals surface area contributed by atoms with Gasteiger partial charge in [-0.05, 0) is 31.4 Å². The molecule has 0 aliphatic rings. The van der Waals surface area contributed by atoms with Gasteiger partial charge in [-0.25, -0.2) is 4.98 Å². The second-order valence-electron chi connectivity index (χ2n) is 4.39. The van der Waals surface area contributed by atoms with Crippen LogP contribution in [0.5, 0.6) is 0 Å². The third kappa shape index (κ3) is 2.72. The number of oxime groups is 1. The van der Waals surface area contributed by atoms with Crippen LogP contribution >= 0.6 is 0 Å². The Morgan fingerprint density at radius 2 is 2.11 bits per heavy atom. The molecule has 0 bridgehead atoms. The second kappa shape index (κ2) is 6.23. The maximum absolute atomic E-state index is 8.89. The average molecular weight is 250 g/mol. The van der Waals surface area contributed by atoms with E-state index in [1.807, 2.05) is 20.0 Å². The lowest BCUT2D eigenvalue weighted by atomic mass is 10.1. The van der Waals surface area contributed by atoms with Crippen molar-refractivity contribution in [2.45, 2.75) is 39.7 Å². The number of anilines is 1. The first-order chi connectivity index (χ1) is 8.56. The molecule has 0 saturated carbocycles. The van der Waals surface area contributed by atoms with Crippen molar-refractivity contribution in [1.82, 2.24) is 4.98 Å². The van der Waals surface area contributed by atoms with Gasteiger partial charge in [-0.3, -0.25) is 0 Å². The molecule has 1 rings (SSSR count). The minimum absolute atomic E-state index is 0.105. The predicted octanol–water partition coefficient (Wildman–Crippen LogP) is 2.11. The lowest BCUT2D eigenvalue weighted by molar-refractivity contribution is 0.318. The van der Waals surface area contributed by atoms with Gasteiger partial charge >= 0.3 is 0 Å². The molecule has 18 heavy (non-hydrogen) atoms. The van der Waals surface area contributed by atoms with Crippen LogP contribution in [0, 0.1) is 6.92 Å². The molecule has 1 aromatic heterocycles. The molecule has 100 valence electrons. The number of pyridine rings is 1. The zero-order valence-corrected chi connectivity index (χ0v) is 11.5. The third-order valence-electron chi connectivity index (χ3n) is 3.33. The highest BCUT2D eigenvalue weighted by atomic mass is 16.4. The molecule has 0 aliphatic heterocycles. The van der Waals surface area contributed by atoms with Gasteiger partial charge in [0.05, 0.1) is 5.56 Å². The quantitative estimate of drug-likeness (QED) is 0.363. The molecule has 1 heterocycles. The molecular weight excluding hydrogens is 228 g/mol. The summed E-state index contributed by atoms with van der Waals surface area (Å²) in [6.45, 7) is 6.21. The summed E-state index contributed by atoms with van der Waals surface area (Å²) in [4.78, 5) is 6.48. The van der Waals surface area contributed by atoms with E-state index < -0.39 is 0 Å². The highest BCUT2D eigenvalue weighted by Crippen LogP contribution is 2.23. The molecule has 0 aromatic carbocycles. The van der Waals surface area contributed by atoms with Crippen LogP contribution < -0.4 is 10.6 Å². The number of aryl methyl sites for hydroxylation is 1. The van der Waals surface area contributed by atoms with Crippen molar-refractivity contribution in [3.63, 3.8) is 0 Å². The highest BCUT2D eigenvalue weighted by molar-refractivity contribution is 6.02. The zero-order valence-electron chi connectivity index (χ0n) is 11.5. The number of aromatic nitrogens is 1. The molecule has 0 aliphatic carbocycles. The van der Waals surface area contributed by atoms with Crippen LogP contribution in [0.25, 0.3) is 0 Å². The Morgan fingerprint density at radius 3 is 2.61 bits per heavy atom. The largest absolute Gasteiger partial charge is 0.409 e. The fraction of sp³-hybridized carbons (Fsp3) is 0.538. The van der Waals surface area contributed by atoms with Gasteiger partial charge in [-0.2, -0.15) is 0 Å². The fourth-order valence-corrected chi connectivity index (χ4v) is 2.19. The van der Waals surface area contributed by atoms with Crippen LogP contribution in [0.15, 0.2) is 17.4 Å². The molecule has 0 spiro atoms. The molecule has 5 heteroatoms. The number of nitrogens with two attached hydrogens (primary N) is 1. The van der Waals surface area contributed by atoms with E-state index in [1.165, 1.54) is 0 Å². The van der Waals surface area contributed by atoms with E-state index in [1.54, 1.807) is 6.20 Å². The summed E-state index contributed by atoms with van der Waals surface area (Å²) >= 11 is 0. The summed E-state index contributed by atoms with van der Waals surface area (Å²) in [6.07, 6.45) is 3.80.